The van der Waals surface area contributed by atoms with Crippen molar-refractivity contribution in [3.05, 3.63) is 42.5 Å². The highest BCUT2D eigenvalue weighted by Gasteiger charge is 1.98. The zero-order valence-electron chi connectivity index (χ0n) is 9.67. The highest BCUT2D eigenvalue weighted by Crippen LogP contribution is 2.07. The molecule has 2 aromatic rings. The third kappa shape index (κ3) is 3.42. The molecule has 0 unspecified atom stereocenters. The minimum atomic E-state index is 0.479. The van der Waals surface area contributed by atoms with Gasteiger partial charge in [-0.25, -0.2) is 9.97 Å². The molecule has 2 rings (SSSR count). The Morgan fingerprint density at radius 3 is 2.83 bits per heavy atom. The highest BCUT2D eigenvalue weighted by atomic mass is 15.1. The average Bonchev–Trinajstić information content (AvgIpc) is 2.41. The number of hydrogen-bond acceptors (Lipinski definition) is 6. The van der Waals surface area contributed by atoms with Crippen LogP contribution in [0.15, 0.2) is 36.8 Å². The summed E-state index contributed by atoms with van der Waals surface area (Å²) in [7, 11) is 0. The lowest BCUT2D eigenvalue weighted by Crippen LogP contribution is -2.07. The Hall–Kier alpha value is -2.68. The molecule has 0 aliphatic heterocycles. The second-order valence-corrected chi connectivity index (χ2v) is 3.52. The molecule has 0 spiro atoms. The molecular weight excluding hydrogens is 228 g/mol. The first kappa shape index (κ1) is 11.8. The summed E-state index contributed by atoms with van der Waals surface area (Å²) in [6.07, 6.45) is 5.80. The van der Waals surface area contributed by atoms with Gasteiger partial charge in [-0.3, -0.25) is 10.3 Å². The highest BCUT2D eigenvalue weighted by molar-refractivity contribution is 5.48. The molecule has 0 radical (unpaired) electrons. The molecule has 0 bridgehead atoms. The molecule has 0 saturated heterocycles. The molecule has 2 heterocycles. The molecular formula is C12H12N6. The van der Waals surface area contributed by atoms with E-state index in [4.69, 9.17) is 5.26 Å². The summed E-state index contributed by atoms with van der Waals surface area (Å²) in [4.78, 5) is 12.2. The van der Waals surface area contributed by atoms with E-state index >= 15 is 0 Å². The maximum atomic E-state index is 8.49. The van der Waals surface area contributed by atoms with Gasteiger partial charge in [-0.1, -0.05) is 6.07 Å². The van der Waals surface area contributed by atoms with Crippen LogP contribution < -0.4 is 10.6 Å². The standard InChI is InChI=1S/C12H12N6/c13-8-16-12-7-11(17-9-18-12)15-6-4-10-3-1-2-5-14-10/h1-3,5,7,9H,4,6H2,(H2,15,16,17,18). The van der Waals surface area contributed by atoms with Crippen LogP contribution in [0, 0.1) is 11.5 Å². The fourth-order valence-corrected chi connectivity index (χ4v) is 1.44. The number of nitrogens with one attached hydrogen (secondary N) is 2. The van der Waals surface area contributed by atoms with E-state index in [1.54, 1.807) is 12.3 Å². The number of nitriles is 1. The van der Waals surface area contributed by atoms with Gasteiger partial charge < -0.3 is 5.32 Å². The van der Waals surface area contributed by atoms with Gasteiger partial charge in [-0.05, 0) is 12.1 Å². The van der Waals surface area contributed by atoms with E-state index in [0.717, 1.165) is 18.7 Å². The largest absolute Gasteiger partial charge is 0.370 e. The first-order valence-corrected chi connectivity index (χ1v) is 5.49. The maximum Gasteiger partial charge on any atom is 0.182 e. The van der Waals surface area contributed by atoms with E-state index in [0.29, 0.717) is 11.6 Å². The number of rotatable bonds is 5. The fraction of sp³-hybridized carbons (Fsp3) is 0.167. The van der Waals surface area contributed by atoms with E-state index in [-0.39, 0.29) is 0 Å². The molecule has 0 aliphatic rings. The Balaban J connectivity index is 1.87. The maximum absolute atomic E-state index is 8.49. The molecule has 0 aliphatic carbocycles. The molecule has 0 saturated carbocycles. The number of anilines is 2. The van der Waals surface area contributed by atoms with Gasteiger partial charge >= 0.3 is 0 Å². The van der Waals surface area contributed by atoms with Crippen molar-refractivity contribution < 1.29 is 0 Å². The van der Waals surface area contributed by atoms with Crippen molar-refractivity contribution in [2.24, 2.45) is 0 Å². The third-order valence-electron chi connectivity index (χ3n) is 2.26. The summed E-state index contributed by atoms with van der Waals surface area (Å²) in [6, 6.07) is 7.51. The molecule has 90 valence electrons. The van der Waals surface area contributed by atoms with Gasteiger partial charge in [-0.15, -0.1) is 0 Å². The predicted molar refractivity (Wildman–Crippen MR) is 67.7 cm³/mol. The lowest BCUT2D eigenvalue weighted by atomic mass is 10.3. The van der Waals surface area contributed by atoms with Crippen molar-refractivity contribution in [1.82, 2.24) is 15.0 Å². The average molecular weight is 240 g/mol. The van der Waals surface area contributed by atoms with Crippen molar-refractivity contribution in [2.45, 2.75) is 6.42 Å². The summed E-state index contributed by atoms with van der Waals surface area (Å²) in [5, 5.41) is 14.1. The molecule has 2 N–H and O–H groups in total. The van der Waals surface area contributed by atoms with Gasteiger partial charge in [0.25, 0.3) is 0 Å². The number of nitrogens with zero attached hydrogens (tertiary/aromatic N) is 4. The fourth-order valence-electron chi connectivity index (χ4n) is 1.44. The van der Waals surface area contributed by atoms with Crippen molar-refractivity contribution in [2.75, 3.05) is 17.2 Å². The van der Waals surface area contributed by atoms with E-state index in [9.17, 15) is 0 Å². The molecule has 6 nitrogen and oxygen atoms in total. The normalized spacial score (nSPS) is 9.50. The third-order valence-corrected chi connectivity index (χ3v) is 2.26. The van der Waals surface area contributed by atoms with Crippen LogP contribution in [-0.4, -0.2) is 21.5 Å². The summed E-state index contributed by atoms with van der Waals surface area (Å²) >= 11 is 0. The van der Waals surface area contributed by atoms with E-state index in [1.165, 1.54) is 6.33 Å². The van der Waals surface area contributed by atoms with Gasteiger partial charge in [0.05, 0.1) is 0 Å². The Labute approximate surface area is 105 Å². The van der Waals surface area contributed by atoms with Gasteiger partial charge in [0, 0.05) is 30.9 Å². The van der Waals surface area contributed by atoms with Gasteiger partial charge in [0.15, 0.2) is 6.19 Å². The quantitative estimate of drug-likeness (QED) is 0.607. The van der Waals surface area contributed by atoms with Crippen molar-refractivity contribution in [3.63, 3.8) is 0 Å². The topological polar surface area (TPSA) is 86.5 Å². The minimum Gasteiger partial charge on any atom is -0.370 e. The lowest BCUT2D eigenvalue weighted by Gasteiger charge is -2.05. The van der Waals surface area contributed by atoms with Gasteiger partial charge in [0.1, 0.15) is 18.0 Å². The van der Waals surface area contributed by atoms with Crippen LogP contribution in [0.3, 0.4) is 0 Å². The summed E-state index contributed by atoms with van der Waals surface area (Å²) in [5.41, 5.74) is 1.02. The Bertz CT molecular complexity index is 534. The zero-order valence-corrected chi connectivity index (χ0v) is 9.67. The number of aromatic nitrogens is 3. The molecule has 0 fully saturated rings. The van der Waals surface area contributed by atoms with Crippen molar-refractivity contribution in [3.8, 4) is 6.19 Å². The van der Waals surface area contributed by atoms with Gasteiger partial charge in [-0.2, -0.15) is 5.26 Å². The van der Waals surface area contributed by atoms with Crippen LogP contribution in [-0.2, 0) is 6.42 Å². The van der Waals surface area contributed by atoms with Crippen molar-refractivity contribution in [1.29, 1.82) is 5.26 Å². The minimum absolute atomic E-state index is 0.479. The molecule has 2 aromatic heterocycles. The van der Waals surface area contributed by atoms with Crippen LogP contribution in [0.5, 0.6) is 0 Å². The first-order valence-electron chi connectivity index (χ1n) is 5.49. The van der Waals surface area contributed by atoms with E-state index < -0.39 is 0 Å². The lowest BCUT2D eigenvalue weighted by molar-refractivity contribution is 0.951. The summed E-state index contributed by atoms with van der Waals surface area (Å²) in [5.74, 6) is 1.16. The predicted octanol–water partition coefficient (Wildman–Crippen LogP) is 1.42. The first-order chi connectivity index (χ1) is 8.88. The smallest absolute Gasteiger partial charge is 0.182 e. The second kappa shape index (κ2) is 6.15. The molecule has 0 aromatic carbocycles. The SMILES string of the molecule is N#CNc1cc(NCCc2ccccn2)ncn1. The second-order valence-electron chi connectivity index (χ2n) is 3.52. The van der Waals surface area contributed by atoms with Crippen LogP contribution in [0.1, 0.15) is 5.69 Å². The Morgan fingerprint density at radius 1 is 1.17 bits per heavy atom. The summed E-state index contributed by atoms with van der Waals surface area (Å²) < 4.78 is 0. The molecule has 0 amide bonds. The molecule has 6 heteroatoms. The monoisotopic (exact) mass is 240 g/mol. The van der Waals surface area contributed by atoms with Crippen LogP contribution in [0.4, 0.5) is 11.6 Å². The van der Waals surface area contributed by atoms with Crippen molar-refractivity contribution >= 4 is 11.6 Å². The Morgan fingerprint density at radius 2 is 2.06 bits per heavy atom. The number of pyridine rings is 1. The molecule has 0 atom stereocenters. The molecule has 18 heavy (non-hydrogen) atoms. The van der Waals surface area contributed by atoms with Gasteiger partial charge in [0.2, 0.25) is 0 Å². The summed E-state index contributed by atoms with van der Waals surface area (Å²) in [6.45, 7) is 0.722. The van der Waals surface area contributed by atoms with Crippen LogP contribution in [0.2, 0.25) is 0 Å². The number of hydrogen-bond donors (Lipinski definition) is 2. The zero-order chi connectivity index (χ0) is 12.6. The Kier molecular flexibility index (Phi) is 4.03. The van der Waals surface area contributed by atoms with Crippen LogP contribution in [0.25, 0.3) is 0 Å². The van der Waals surface area contributed by atoms with E-state index in [2.05, 4.69) is 25.6 Å². The van der Waals surface area contributed by atoms with Crippen LogP contribution >= 0.6 is 0 Å². The van der Waals surface area contributed by atoms with E-state index in [1.807, 2.05) is 24.4 Å².